The molecule has 34 heavy (non-hydrogen) atoms. The number of nitrogens with one attached hydrogen (secondary N) is 1. The lowest BCUT2D eigenvalue weighted by atomic mass is 9.80. The Balaban J connectivity index is 1.43. The minimum absolute atomic E-state index is 0.0987. The zero-order chi connectivity index (χ0) is 24.2. The van der Waals surface area contributed by atoms with Crippen LogP contribution in [0.15, 0.2) is 23.8 Å². The molecule has 192 valence electrons. The highest BCUT2D eigenvalue weighted by molar-refractivity contribution is 5.69. The smallest absolute Gasteiger partial charge is 0.410 e. The van der Waals surface area contributed by atoms with Crippen LogP contribution in [-0.2, 0) is 14.2 Å². The van der Waals surface area contributed by atoms with Gasteiger partial charge in [-0.3, -0.25) is 0 Å². The predicted octanol–water partition coefficient (Wildman–Crippen LogP) is 5.37. The molecule has 4 rings (SSSR count). The largest absolute Gasteiger partial charge is 0.444 e. The first kappa shape index (κ1) is 25.7. The van der Waals surface area contributed by atoms with E-state index in [0.717, 1.165) is 38.7 Å². The van der Waals surface area contributed by atoms with Gasteiger partial charge in [-0.1, -0.05) is 18.2 Å². The zero-order valence-electron chi connectivity index (χ0n) is 21.8. The SMILES string of the molecule is CC1CCOCC2(CCCN(C(=O)OC(C)(C)C)C2COC2CCC(C3=CCCC=C3)CC2)N1. The standard InChI is InChI=1S/C28H46N2O4/c1-21-15-18-32-20-28(29-21)16-8-17-30(26(31)34-27(2,3)4)25(28)19-33-24-13-11-23(12-14-24)22-9-6-5-7-10-22/h6,9-10,21,23-25,29H,5,7-8,11-20H2,1-4H3. The summed E-state index contributed by atoms with van der Waals surface area (Å²) >= 11 is 0. The second-order valence-electron chi connectivity index (χ2n) is 11.8. The molecule has 2 aliphatic carbocycles. The van der Waals surface area contributed by atoms with Gasteiger partial charge in [-0.05, 0) is 97.0 Å². The number of rotatable bonds is 4. The highest BCUT2D eigenvalue weighted by atomic mass is 16.6. The summed E-state index contributed by atoms with van der Waals surface area (Å²) in [5.41, 5.74) is 0.717. The molecule has 1 saturated carbocycles. The van der Waals surface area contributed by atoms with Gasteiger partial charge in [0.25, 0.3) is 0 Å². The van der Waals surface area contributed by atoms with Crippen LogP contribution in [0.4, 0.5) is 4.79 Å². The van der Waals surface area contributed by atoms with Gasteiger partial charge in [0.15, 0.2) is 0 Å². The second kappa shape index (κ2) is 11.1. The van der Waals surface area contributed by atoms with Crippen LogP contribution in [0.2, 0.25) is 0 Å². The van der Waals surface area contributed by atoms with Gasteiger partial charge in [0, 0.05) is 19.2 Å². The van der Waals surface area contributed by atoms with Crippen molar-refractivity contribution < 1.29 is 19.0 Å². The van der Waals surface area contributed by atoms with Gasteiger partial charge in [-0.15, -0.1) is 0 Å². The van der Waals surface area contributed by atoms with Gasteiger partial charge >= 0.3 is 6.09 Å². The molecule has 3 fully saturated rings. The predicted molar refractivity (Wildman–Crippen MR) is 135 cm³/mol. The molecule has 6 nitrogen and oxygen atoms in total. The fourth-order valence-corrected chi connectivity index (χ4v) is 6.16. The van der Waals surface area contributed by atoms with E-state index in [1.54, 1.807) is 0 Å². The fraction of sp³-hybridized carbons (Fsp3) is 0.821. The third kappa shape index (κ3) is 6.44. The molecule has 0 aromatic rings. The number of hydrogen-bond donors (Lipinski definition) is 1. The van der Waals surface area contributed by atoms with E-state index in [1.807, 2.05) is 25.7 Å². The first-order valence-electron chi connectivity index (χ1n) is 13.6. The molecule has 3 unspecified atom stereocenters. The van der Waals surface area contributed by atoms with E-state index in [1.165, 1.54) is 31.3 Å². The van der Waals surface area contributed by atoms with Gasteiger partial charge in [0.2, 0.25) is 0 Å². The topological polar surface area (TPSA) is 60.0 Å². The van der Waals surface area contributed by atoms with E-state index < -0.39 is 5.60 Å². The normalized spacial score (nSPS) is 35.1. The Labute approximate surface area is 206 Å². The van der Waals surface area contributed by atoms with E-state index in [-0.39, 0.29) is 23.8 Å². The van der Waals surface area contributed by atoms with Gasteiger partial charge < -0.3 is 24.4 Å². The molecule has 3 atom stereocenters. The molecule has 6 heteroatoms. The third-order valence-corrected chi connectivity index (χ3v) is 7.91. The van der Waals surface area contributed by atoms with Crippen LogP contribution >= 0.6 is 0 Å². The maximum Gasteiger partial charge on any atom is 0.410 e. The average molecular weight is 475 g/mol. The minimum atomic E-state index is -0.519. The van der Waals surface area contributed by atoms with Crippen LogP contribution in [0.25, 0.3) is 0 Å². The first-order chi connectivity index (χ1) is 16.3. The lowest BCUT2D eigenvalue weighted by Crippen LogP contribution is -2.69. The highest BCUT2D eigenvalue weighted by Crippen LogP contribution is 2.36. The van der Waals surface area contributed by atoms with E-state index in [2.05, 4.69) is 30.5 Å². The molecule has 2 saturated heterocycles. The van der Waals surface area contributed by atoms with Crippen molar-refractivity contribution in [1.82, 2.24) is 10.2 Å². The van der Waals surface area contributed by atoms with Crippen LogP contribution in [0, 0.1) is 5.92 Å². The Morgan fingerprint density at radius 1 is 1.21 bits per heavy atom. The molecule has 1 spiro atoms. The Morgan fingerprint density at radius 3 is 2.71 bits per heavy atom. The summed E-state index contributed by atoms with van der Waals surface area (Å²) < 4.78 is 18.5. The maximum absolute atomic E-state index is 13.3. The number of ether oxygens (including phenoxy) is 3. The molecule has 2 aliphatic heterocycles. The Bertz CT molecular complexity index is 750. The summed E-state index contributed by atoms with van der Waals surface area (Å²) in [4.78, 5) is 15.2. The number of nitrogens with zero attached hydrogens (tertiary/aromatic N) is 1. The number of hydrogen-bond acceptors (Lipinski definition) is 5. The molecule has 0 bridgehead atoms. The van der Waals surface area contributed by atoms with Crippen molar-refractivity contribution in [3.8, 4) is 0 Å². The summed E-state index contributed by atoms with van der Waals surface area (Å²) in [5, 5.41) is 3.86. The van der Waals surface area contributed by atoms with E-state index in [4.69, 9.17) is 14.2 Å². The fourth-order valence-electron chi connectivity index (χ4n) is 6.16. The lowest BCUT2D eigenvalue weighted by Gasteiger charge is -2.50. The molecule has 1 N–H and O–H groups in total. The summed E-state index contributed by atoms with van der Waals surface area (Å²) in [6.45, 7) is 10.6. The van der Waals surface area contributed by atoms with E-state index in [9.17, 15) is 4.79 Å². The molecule has 0 radical (unpaired) electrons. The number of piperidine rings is 1. The summed E-state index contributed by atoms with van der Waals surface area (Å²) in [6.07, 6.45) is 16.9. The molecular formula is C28H46N2O4. The molecule has 1 amide bonds. The van der Waals surface area contributed by atoms with Gasteiger partial charge in [-0.2, -0.15) is 0 Å². The highest BCUT2D eigenvalue weighted by Gasteiger charge is 2.49. The molecule has 4 aliphatic rings. The third-order valence-electron chi connectivity index (χ3n) is 7.91. The van der Waals surface area contributed by atoms with Crippen LogP contribution in [0.5, 0.6) is 0 Å². The van der Waals surface area contributed by atoms with Crippen molar-refractivity contribution >= 4 is 6.09 Å². The van der Waals surface area contributed by atoms with Crippen LogP contribution < -0.4 is 5.32 Å². The molecular weight excluding hydrogens is 428 g/mol. The minimum Gasteiger partial charge on any atom is -0.444 e. The first-order valence-corrected chi connectivity index (χ1v) is 13.6. The monoisotopic (exact) mass is 474 g/mol. The summed E-state index contributed by atoms with van der Waals surface area (Å²) in [5.74, 6) is 0.674. The Morgan fingerprint density at radius 2 is 2.00 bits per heavy atom. The van der Waals surface area contributed by atoms with Crippen molar-refractivity contribution in [2.45, 2.75) is 115 Å². The maximum atomic E-state index is 13.3. The van der Waals surface area contributed by atoms with Crippen molar-refractivity contribution in [3.63, 3.8) is 0 Å². The number of carbonyl (C=O) groups excluding carboxylic acids is 1. The van der Waals surface area contributed by atoms with Crippen LogP contribution in [0.3, 0.4) is 0 Å². The number of carbonyl (C=O) groups is 1. The number of allylic oxidation sites excluding steroid dienone is 4. The van der Waals surface area contributed by atoms with E-state index >= 15 is 0 Å². The van der Waals surface area contributed by atoms with E-state index in [0.29, 0.717) is 31.7 Å². The number of amides is 1. The van der Waals surface area contributed by atoms with Crippen molar-refractivity contribution in [3.05, 3.63) is 23.8 Å². The van der Waals surface area contributed by atoms with Gasteiger partial charge in [0.1, 0.15) is 5.60 Å². The lowest BCUT2D eigenvalue weighted by molar-refractivity contribution is -0.0749. The van der Waals surface area contributed by atoms with Gasteiger partial charge in [0.05, 0.1) is 30.9 Å². The molecule has 0 aromatic carbocycles. The molecule has 2 heterocycles. The van der Waals surface area contributed by atoms with Crippen molar-refractivity contribution in [2.24, 2.45) is 5.92 Å². The van der Waals surface area contributed by atoms with Crippen LogP contribution in [-0.4, -0.2) is 66.7 Å². The Hall–Kier alpha value is -1.37. The summed E-state index contributed by atoms with van der Waals surface area (Å²) in [7, 11) is 0. The number of likely N-dealkylation sites (tertiary alicyclic amines) is 1. The average Bonchev–Trinajstić information content (AvgIpc) is 2.99. The summed E-state index contributed by atoms with van der Waals surface area (Å²) in [6, 6.07) is 0.245. The van der Waals surface area contributed by atoms with Crippen molar-refractivity contribution in [1.29, 1.82) is 0 Å². The van der Waals surface area contributed by atoms with Gasteiger partial charge in [-0.25, -0.2) is 4.79 Å². The Kier molecular flexibility index (Phi) is 8.42. The van der Waals surface area contributed by atoms with Crippen LogP contribution in [0.1, 0.15) is 85.5 Å². The quantitative estimate of drug-likeness (QED) is 0.593. The zero-order valence-corrected chi connectivity index (χ0v) is 21.8. The molecule has 0 aromatic heterocycles. The second-order valence-corrected chi connectivity index (χ2v) is 11.8. The van der Waals surface area contributed by atoms with Crippen molar-refractivity contribution in [2.75, 3.05) is 26.4 Å².